The largest absolute Gasteiger partial charge is 0.391 e. The van der Waals surface area contributed by atoms with Gasteiger partial charge in [0.1, 0.15) is 12.1 Å². The van der Waals surface area contributed by atoms with Crippen molar-refractivity contribution in [3.63, 3.8) is 0 Å². The highest BCUT2D eigenvalue weighted by atomic mass is 35.5. The first kappa shape index (κ1) is 23.2. The zero-order valence-corrected chi connectivity index (χ0v) is 18.3. The summed E-state index contributed by atoms with van der Waals surface area (Å²) in [7, 11) is 0. The maximum Gasteiger partial charge on any atom is 0.246 e. The van der Waals surface area contributed by atoms with Gasteiger partial charge in [-0.25, -0.2) is 0 Å². The Morgan fingerprint density at radius 3 is 2.28 bits per heavy atom. The lowest BCUT2D eigenvalue weighted by molar-refractivity contribution is -0.144. The number of amides is 3. The Balaban J connectivity index is 2.17. The lowest BCUT2D eigenvalue weighted by atomic mass is 9.85. The maximum absolute atomic E-state index is 13.2. The average molecular weight is 424 g/mol. The second-order valence-electron chi connectivity index (χ2n) is 8.68. The number of aliphatic hydroxyl groups excluding tert-OH is 1. The van der Waals surface area contributed by atoms with E-state index >= 15 is 0 Å². The normalized spacial score (nSPS) is 21.4. The molecule has 2 rings (SSSR count). The van der Waals surface area contributed by atoms with Gasteiger partial charge >= 0.3 is 0 Å². The summed E-state index contributed by atoms with van der Waals surface area (Å²) in [6, 6.07) is 5.26. The van der Waals surface area contributed by atoms with Gasteiger partial charge in [0.05, 0.1) is 12.1 Å². The Hall–Kier alpha value is -2.12. The van der Waals surface area contributed by atoms with Crippen LogP contribution in [0.15, 0.2) is 24.3 Å². The lowest BCUT2D eigenvalue weighted by Gasteiger charge is -2.35. The molecule has 1 aliphatic rings. The minimum Gasteiger partial charge on any atom is -0.391 e. The van der Waals surface area contributed by atoms with E-state index in [9.17, 15) is 19.5 Å². The molecular formula is C21H30ClN3O4. The van der Waals surface area contributed by atoms with Crippen LogP contribution >= 0.6 is 11.6 Å². The third-order valence-electron chi connectivity index (χ3n) is 5.05. The summed E-state index contributed by atoms with van der Waals surface area (Å²) in [5, 5.41) is 16.3. The molecule has 1 fully saturated rings. The molecule has 4 unspecified atom stereocenters. The molecule has 0 spiro atoms. The van der Waals surface area contributed by atoms with Crippen LogP contribution in [0.1, 0.15) is 52.6 Å². The van der Waals surface area contributed by atoms with Crippen molar-refractivity contribution in [3.8, 4) is 0 Å². The molecule has 1 saturated heterocycles. The van der Waals surface area contributed by atoms with E-state index in [0.29, 0.717) is 5.02 Å². The molecule has 3 amide bonds. The van der Waals surface area contributed by atoms with Crippen molar-refractivity contribution in [1.82, 2.24) is 15.5 Å². The minimum absolute atomic E-state index is 0.0540. The Morgan fingerprint density at radius 2 is 1.76 bits per heavy atom. The van der Waals surface area contributed by atoms with Crippen LogP contribution in [-0.4, -0.2) is 52.5 Å². The third-order valence-corrected chi connectivity index (χ3v) is 5.31. The number of nitrogens with zero attached hydrogens (tertiary/aromatic N) is 1. The van der Waals surface area contributed by atoms with Gasteiger partial charge in [0, 0.05) is 24.9 Å². The number of nitrogens with one attached hydrogen (secondary N) is 2. The molecule has 3 N–H and O–H groups in total. The third kappa shape index (κ3) is 5.93. The predicted octanol–water partition coefficient (Wildman–Crippen LogP) is 2.03. The van der Waals surface area contributed by atoms with Crippen molar-refractivity contribution in [2.24, 2.45) is 5.41 Å². The van der Waals surface area contributed by atoms with Gasteiger partial charge in [0.15, 0.2) is 0 Å². The van der Waals surface area contributed by atoms with E-state index in [-0.39, 0.29) is 36.7 Å². The second-order valence-corrected chi connectivity index (χ2v) is 9.11. The first-order chi connectivity index (χ1) is 13.4. The van der Waals surface area contributed by atoms with Crippen LogP contribution in [-0.2, 0) is 14.4 Å². The number of likely N-dealkylation sites (tertiary alicyclic amines) is 1. The molecule has 0 saturated carbocycles. The van der Waals surface area contributed by atoms with E-state index in [1.807, 2.05) is 39.8 Å². The molecule has 0 aromatic heterocycles. The van der Waals surface area contributed by atoms with Gasteiger partial charge in [-0.3, -0.25) is 14.4 Å². The zero-order chi connectivity index (χ0) is 21.9. The topological polar surface area (TPSA) is 98.7 Å². The number of rotatable bonds is 5. The fourth-order valence-corrected chi connectivity index (χ4v) is 3.59. The summed E-state index contributed by atoms with van der Waals surface area (Å²) >= 11 is 5.91. The van der Waals surface area contributed by atoms with E-state index in [0.717, 1.165) is 5.56 Å². The first-order valence-electron chi connectivity index (χ1n) is 9.71. The molecule has 1 aromatic carbocycles. The lowest BCUT2D eigenvalue weighted by Crippen LogP contribution is -2.57. The molecule has 4 atom stereocenters. The predicted molar refractivity (Wildman–Crippen MR) is 111 cm³/mol. The van der Waals surface area contributed by atoms with Gasteiger partial charge in [-0.2, -0.15) is 0 Å². The van der Waals surface area contributed by atoms with Gasteiger partial charge in [0.2, 0.25) is 17.7 Å². The van der Waals surface area contributed by atoms with Crippen molar-refractivity contribution in [3.05, 3.63) is 34.9 Å². The van der Waals surface area contributed by atoms with Gasteiger partial charge in [-0.1, -0.05) is 44.5 Å². The summed E-state index contributed by atoms with van der Waals surface area (Å²) in [5.74, 6) is -1.04. The van der Waals surface area contributed by atoms with Crippen molar-refractivity contribution < 1.29 is 19.5 Å². The van der Waals surface area contributed by atoms with Crippen LogP contribution < -0.4 is 10.6 Å². The van der Waals surface area contributed by atoms with E-state index in [2.05, 4.69) is 10.6 Å². The fraction of sp³-hybridized carbons (Fsp3) is 0.571. The van der Waals surface area contributed by atoms with Crippen LogP contribution in [0.4, 0.5) is 0 Å². The number of hydrogen-bond acceptors (Lipinski definition) is 4. The number of carbonyl (C=O) groups excluding carboxylic acids is 3. The number of aliphatic hydroxyl groups is 1. The molecule has 1 heterocycles. The fourth-order valence-electron chi connectivity index (χ4n) is 3.47. The van der Waals surface area contributed by atoms with E-state index in [4.69, 9.17) is 11.6 Å². The van der Waals surface area contributed by atoms with E-state index < -0.39 is 23.6 Å². The van der Waals surface area contributed by atoms with Crippen molar-refractivity contribution in [2.45, 2.75) is 65.3 Å². The molecule has 0 radical (unpaired) electrons. The molecule has 1 aromatic rings. The smallest absolute Gasteiger partial charge is 0.246 e. The molecule has 7 nitrogen and oxygen atoms in total. The highest BCUT2D eigenvalue weighted by Gasteiger charge is 2.44. The van der Waals surface area contributed by atoms with Crippen molar-refractivity contribution >= 4 is 29.3 Å². The Kier molecular flexibility index (Phi) is 7.30. The average Bonchev–Trinajstić information content (AvgIpc) is 3.00. The Morgan fingerprint density at radius 1 is 1.17 bits per heavy atom. The highest BCUT2D eigenvalue weighted by Crippen LogP contribution is 2.27. The van der Waals surface area contributed by atoms with E-state index in [1.54, 1.807) is 12.1 Å². The highest BCUT2D eigenvalue weighted by molar-refractivity contribution is 6.30. The summed E-state index contributed by atoms with van der Waals surface area (Å²) in [4.78, 5) is 39.1. The number of benzene rings is 1. The van der Waals surface area contributed by atoms with Crippen LogP contribution in [0, 0.1) is 5.41 Å². The van der Waals surface area contributed by atoms with Gasteiger partial charge in [-0.05, 0) is 30.0 Å². The quantitative estimate of drug-likeness (QED) is 0.674. The van der Waals surface area contributed by atoms with Crippen LogP contribution in [0.5, 0.6) is 0 Å². The number of hydrogen-bond donors (Lipinski definition) is 3. The summed E-state index contributed by atoms with van der Waals surface area (Å²) in [6.07, 6.45) is -0.638. The second kappa shape index (κ2) is 9.13. The molecule has 29 heavy (non-hydrogen) atoms. The Labute approximate surface area is 176 Å². The molecule has 0 aliphatic carbocycles. The van der Waals surface area contributed by atoms with Gasteiger partial charge < -0.3 is 20.6 Å². The maximum atomic E-state index is 13.2. The van der Waals surface area contributed by atoms with Gasteiger partial charge in [0.25, 0.3) is 0 Å². The monoisotopic (exact) mass is 423 g/mol. The van der Waals surface area contributed by atoms with Crippen LogP contribution in [0.2, 0.25) is 5.02 Å². The summed E-state index contributed by atoms with van der Waals surface area (Å²) in [5.41, 5.74) is 0.332. The van der Waals surface area contributed by atoms with E-state index in [1.165, 1.54) is 11.8 Å². The zero-order valence-electron chi connectivity index (χ0n) is 17.5. The van der Waals surface area contributed by atoms with Gasteiger partial charge in [-0.15, -0.1) is 0 Å². The number of β-amino-alcohol motifs (C(OH)–C–C–N with tert-alkyl or cyclic N) is 1. The molecule has 8 heteroatoms. The molecular weight excluding hydrogens is 394 g/mol. The molecule has 0 bridgehead atoms. The van der Waals surface area contributed by atoms with Crippen LogP contribution in [0.25, 0.3) is 0 Å². The summed E-state index contributed by atoms with van der Waals surface area (Å²) < 4.78 is 0. The van der Waals surface area contributed by atoms with Crippen LogP contribution in [0.3, 0.4) is 0 Å². The first-order valence-corrected chi connectivity index (χ1v) is 10.1. The Bertz CT molecular complexity index is 760. The molecule has 160 valence electrons. The number of carbonyl (C=O) groups is 3. The standard InChI is InChI=1S/C21H30ClN3O4/c1-12(14-6-8-15(22)9-7-14)23-19(28)17-10-16(27)11-25(17)20(29)18(21(3,4)5)24-13(2)26/h6-9,12,16-18,27H,10-11H2,1-5H3,(H,23,28)(H,24,26). The number of halogens is 1. The van der Waals surface area contributed by atoms with Crippen molar-refractivity contribution in [2.75, 3.05) is 6.54 Å². The molecule has 1 aliphatic heterocycles. The SMILES string of the molecule is CC(=O)NC(C(=O)N1CC(O)CC1C(=O)NC(C)c1ccc(Cl)cc1)C(C)(C)C. The minimum atomic E-state index is -0.800. The summed E-state index contributed by atoms with van der Waals surface area (Å²) in [6.45, 7) is 8.77. The van der Waals surface area contributed by atoms with Crippen molar-refractivity contribution in [1.29, 1.82) is 0 Å².